The Morgan fingerprint density at radius 1 is 0.703 bits per heavy atom. The average Bonchev–Trinajstić information content (AvgIpc) is 2.91. The molecule has 10 nitrogen and oxygen atoms in total. The third-order valence-electron chi connectivity index (χ3n) is 4.67. The summed E-state index contributed by atoms with van der Waals surface area (Å²) in [5.41, 5.74) is 1.22. The summed E-state index contributed by atoms with van der Waals surface area (Å²) in [5, 5.41) is 2.50. The van der Waals surface area contributed by atoms with Crippen LogP contribution in [0.5, 0.6) is 0 Å². The van der Waals surface area contributed by atoms with Crippen molar-refractivity contribution in [2.75, 3.05) is 52.8 Å². The van der Waals surface area contributed by atoms with Gasteiger partial charge in [-0.3, -0.25) is 4.79 Å². The number of rotatable bonds is 16. The van der Waals surface area contributed by atoms with Crippen LogP contribution < -0.4 is 5.32 Å². The molecular weight excluding hydrogens is 482 g/mol. The van der Waals surface area contributed by atoms with E-state index < -0.39 is 18.0 Å². The number of amides is 1. The highest BCUT2D eigenvalue weighted by atomic mass is 16.6. The fourth-order valence-electron chi connectivity index (χ4n) is 2.87. The predicted molar refractivity (Wildman–Crippen MR) is 133 cm³/mol. The normalized spacial score (nSPS) is 10.3. The minimum Gasteiger partial charge on any atom is -0.460 e. The Kier molecular flexibility index (Phi) is 13.1. The predicted octanol–water partition coefficient (Wildman–Crippen LogP) is 2.95. The molecule has 0 aliphatic carbocycles. The highest BCUT2D eigenvalue weighted by molar-refractivity contribution is 6.14. The van der Waals surface area contributed by atoms with Crippen molar-refractivity contribution in [2.45, 2.75) is 6.92 Å². The largest absolute Gasteiger partial charge is 0.460 e. The number of ketones is 1. The minimum absolute atomic E-state index is 0.00586. The van der Waals surface area contributed by atoms with Crippen LogP contribution in [0.1, 0.15) is 33.2 Å². The Hall–Kier alpha value is -4.02. The molecule has 2 aromatic carbocycles. The molecule has 1 N–H and O–H groups in total. The van der Waals surface area contributed by atoms with Crippen molar-refractivity contribution in [1.29, 1.82) is 0 Å². The minimum atomic E-state index is -0.632. The van der Waals surface area contributed by atoms with Crippen LogP contribution in [0.3, 0.4) is 0 Å². The van der Waals surface area contributed by atoms with E-state index in [4.69, 9.17) is 23.7 Å². The Bertz CT molecular complexity index is 1050. The molecule has 0 aromatic heterocycles. The smallest absolute Gasteiger partial charge is 0.407 e. The van der Waals surface area contributed by atoms with Gasteiger partial charge in [0.15, 0.2) is 5.78 Å². The number of nitrogens with one attached hydrogen (secondary N) is 1. The van der Waals surface area contributed by atoms with Crippen molar-refractivity contribution in [2.24, 2.45) is 0 Å². The molecule has 0 spiro atoms. The number of carbonyl (C=O) groups excluding carboxylic acids is 4. The van der Waals surface area contributed by atoms with Crippen molar-refractivity contribution < 1.29 is 42.9 Å². The van der Waals surface area contributed by atoms with Gasteiger partial charge in [-0.25, -0.2) is 14.4 Å². The Morgan fingerprint density at radius 3 is 1.95 bits per heavy atom. The first-order valence-electron chi connectivity index (χ1n) is 11.6. The van der Waals surface area contributed by atoms with E-state index in [0.29, 0.717) is 11.1 Å². The second kappa shape index (κ2) is 16.6. The monoisotopic (exact) mass is 513 g/mol. The third kappa shape index (κ3) is 11.1. The zero-order chi connectivity index (χ0) is 26.9. The van der Waals surface area contributed by atoms with Crippen LogP contribution in [0.4, 0.5) is 4.79 Å². The van der Waals surface area contributed by atoms with E-state index in [-0.39, 0.29) is 69.7 Å². The summed E-state index contributed by atoms with van der Waals surface area (Å²) in [6.45, 7) is 5.94. The Labute approximate surface area is 215 Å². The maximum Gasteiger partial charge on any atom is 0.407 e. The molecule has 0 unspecified atom stereocenters. The van der Waals surface area contributed by atoms with E-state index in [0.717, 1.165) is 0 Å². The lowest BCUT2D eigenvalue weighted by Crippen LogP contribution is -2.29. The standard InChI is InChI=1S/C27H31NO9/c1-20(2)25(30)35-17-14-33-13-12-28-27(32)37-19-16-34-15-18-36-26(31)23-11-7-6-10-22(23)24(29)21-8-4-3-5-9-21/h3-11H,1,12-19H2,2H3,(H,28,32). The summed E-state index contributed by atoms with van der Waals surface area (Å²) >= 11 is 0. The zero-order valence-electron chi connectivity index (χ0n) is 20.7. The lowest BCUT2D eigenvalue weighted by molar-refractivity contribution is -0.140. The number of carbonyl (C=O) groups is 4. The van der Waals surface area contributed by atoms with Gasteiger partial charge in [0.2, 0.25) is 0 Å². The second-order valence-corrected chi connectivity index (χ2v) is 7.58. The van der Waals surface area contributed by atoms with Crippen molar-refractivity contribution in [3.05, 3.63) is 83.4 Å². The van der Waals surface area contributed by atoms with E-state index in [1.165, 1.54) is 6.07 Å². The van der Waals surface area contributed by atoms with Crippen molar-refractivity contribution in [3.63, 3.8) is 0 Å². The van der Waals surface area contributed by atoms with Gasteiger partial charge in [-0.1, -0.05) is 55.1 Å². The first kappa shape index (κ1) is 29.2. The van der Waals surface area contributed by atoms with Crippen molar-refractivity contribution >= 4 is 23.8 Å². The SMILES string of the molecule is C=C(C)C(=O)OCCOCCNC(=O)OCCOCCOC(=O)c1ccccc1C(=O)c1ccccc1. The molecule has 0 heterocycles. The molecule has 37 heavy (non-hydrogen) atoms. The van der Waals surface area contributed by atoms with Gasteiger partial charge in [-0.05, 0) is 13.0 Å². The first-order chi connectivity index (χ1) is 17.9. The van der Waals surface area contributed by atoms with Crippen LogP contribution in [-0.4, -0.2) is 76.6 Å². The average molecular weight is 514 g/mol. The molecule has 0 radical (unpaired) electrons. The molecule has 0 aliphatic rings. The van der Waals surface area contributed by atoms with Gasteiger partial charge in [-0.2, -0.15) is 0 Å². The number of ether oxygens (including phenoxy) is 5. The van der Waals surface area contributed by atoms with Gasteiger partial charge in [0.1, 0.15) is 19.8 Å². The summed E-state index contributed by atoms with van der Waals surface area (Å²) in [6, 6.07) is 15.1. The van der Waals surface area contributed by atoms with Gasteiger partial charge < -0.3 is 29.0 Å². The molecule has 0 aliphatic heterocycles. The van der Waals surface area contributed by atoms with Gasteiger partial charge in [0.05, 0.1) is 32.0 Å². The number of hydrogen-bond donors (Lipinski definition) is 1. The first-order valence-corrected chi connectivity index (χ1v) is 11.6. The highest BCUT2D eigenvalue weighted by Crippen LogP contribution is 2.15. The summed E-state index contributed by atoms with van der Waals surface area (Å²) in [7, 11) is 0. The summed E-state index contributed by atoms with van der Waals surface area (Å²) < 4.78 is 25.6. The van der Waals surface area contributed by atoms with Crippen LogP contribution in [0, 0.1) is 0 Å². The van der Waals surface area contributed by atoms with E-state index in [9.17, 15) is 19.2 Å². The summed E-state index contributed by atoms with van der Waals surface area (Å²) in [4.78, 5) is 48.0. The molecule has 0 bridgehead atoms. The zero-order valence-corrected chi connectivity index (χ0v) is 20.7. The van der Waals surface area contributed by atoms with Crippen LogP contribution in [0.2, 0.25) is 0 Å². The van der Waals surface area contributed by atoms with Crippen LogP contribution >= 0.6 is 0 Å². The van der Waals surface area contributed by atoms with Crippen LogP contribution in [0.25, 0.3) is 0 Å². The van der Waals surface area contributed by atoms with Crippen LogP contribution in [0.15, 0.2) is 66.7 Å². The lowest BCUT2D eigenvalue weighted by Gasteiger charge is -2.10. The Balaban J connectivity index is 1.54. The number of esters is 2. The number of benzene rings is 2. The fourth-order valence-corrected chi connectivity index (χ4v) is 2.87. The molecular formula is C27H31NO9. The fraction of sp³-hybridized carbons (Fsp3) is 0.333. The molecule has 1 amide bonds. The van der Waals surface area contributed by atoms with Gasteiger partial charge in [0, 0.05) is 23.2 Å². The summed E-state index contributed by atoms with van der Waals surface area (Å²) in [6.07, 6.45) is -0.632. The highest BCUT2D eigenvalue weighted by Gasteiger charge is 2.18. The molecule has 198 valence electrons. The van der Waals surface area contributed by atoms with Crippen LogP contribution in [-0.2, 0) is 28.5 Å². The van der Waals surface area contributed by atoms with Crippen molar-refractivity contribution in [1.82, 2.24) is 5.32 Å². The Morgan fingerprint density at radius 2 is 1.27 bits per heavy atom. The molecule has 10 heteroatoms. The molecule has 0 saturated heterocycles. The lowest BCUT2D eigenvalue weighted by atomic mass is 9.98. The van der Waals surface area contributed by atoms with E-state index in [1.54, 1.807) is 55.5 Å². The number of hydrogen-bond acceptors (Lipinski definition) is 9. The topological polar surface area (TPSA) is 126 Å². The van der Waals surface area contributed by atoms with Gasteiger partial charge in [-0.15, -0.1) is 0 Å². The molecule has 2 rings (SSSR count). The maximum absolute atomic E-state index is 12.7. The van der Waals surface area contributed by atoms with E-state index in [2.05, 4.69) is 11.9 Å². The summed E-state index contributed by atoms with van der Waals surface area (Å²) in [5.74, 6) is -1.38. The van der Waals surface area contributed by atoms with Crippen molar-refractivity contribution in [3.8, 4) is 0 Å². The number of alkyl carbamates (subject to hydrolysis) is 1. The maximum atomic E-state index is 12.7. The van der Waals surface area contributed by atoms with Gasteiger partial charge in [0.25, 0.3) is 0 Å². The van der Waals surface area contributed by atoms with Gasteiger partial charge >= 0.3 is 18.0 Å². The van der Waals surface area contributed by atoms with E-state index in [1.807, 2.05) is 0 Å². The second-order valence-electron chi connectivity index (χ2n) is 7.58. The molecule has 0 fully saturated rings. The molecule has 0 saturated carbocycles. The van der Waals surface area contributed by atoms with E-state index >= 15 is 0 Å². The molecule has 0 atom stereocenters. The molecule has 2 aromatic rings. The third-order valence-corrected chi connectivity index (χ3v) is 4.67. The quantitative estimate of drug-likeness (QED) is 0.118.